The molecule has 0 aromatic rings. The Morgan fingerprint density at radius 2 is 2.30 bits per heavy atom. The van der Waals surface area contributed by atoms with Crippen molar-refractivity contribution in [2.24, 2.45) is 0 Å². The van der Waals surface area contributed by atoms with E-state index in [0.29, 0.717) is 5.57 Å². The summed E-state index contributed by atoms with van der Waals surface area (Å²) in [4.78, 5) is 9.69. The molecule has 0 aliphatic carbocycles. The van der Waals surface area contributed by atoms with Gasteiger partial charge in [-0.05, 0) is 6.92 Å². The highest BCUT2D eigenvalue weighted by molar-refractivity contribution is 5.17. The van der Waals surface area contributed by atoms with Gasteiger partial charge in [0.2, 0.25) is 0 Å². The van der Waals surface area contributed by atoms with E-state index in [1.807, 2.05) is 0 Å². The maximum atomic E-state index is 10.2. The van der Waals surface area contributed by atoms with E-state index in [4.69, 9.17) is 0 Å². The third kappa shape index (κ3) is 2.30. The number of nitrogens with one attached hydrogen (secondary N) is 1. The molecule has 4 nitrogen and oxygen atoms in total. The molecule has 0 bridgehead atoms. The SMILES string of the molecule is C=C(C)/C(=C\NC)[N+](=O)[O-]. The maximum absolute atomic E-state index is 10.2. The molecule has 0 atom stereocenters. The molecule has 0 saturated carbocycles. The van der Waals surface area contributed by atoms with E-state index in [2.05, 4.69) is 11.9 Å². The van der Waals surface area contributed by atoms with E-state index in [9.17, 15) is 10.1 Å². The van der Waals surface area contributed by atoms with Gasteiger partial charge in [-0.25, -0.2) is 0 Å². The molecule has 0 radical (unpaired) electrons. The summed E-state index contributed by atoms with van der Waals surface area (Å²) in [6.45, 7) is 5.03. The van der Waals surface area contributed by atoms with E-state index >= 15 is 0 Å². The van der Waals surface area contributed by atoms with Gasteiger partial charge < -0.3 is 5.32 Å². The molecule has 0 unspecified atom stereocenters. The summed E-state index contributed by atoms with van der Waals surface area (Å²) in [6.07, 6.45) is 1.31. The van der Waals surface area contributed by atoms with Crippen molar-refractivity contribution in [1.29, 1.82) is 0 Å². The van der Waals surface area contributed by atoms with Crippen LogP contribution in [0, 0.1) is 10.1 Å². The lowest BCUT2D eigenvalue weighted by atomic mass is 10.3. The first-order valence-corrected chi connectivity index (χ1v) is 2.77. The molecule has 1 N–H and O–H groups in total. The van der Waals surface area contributed by atoms with Crippen LogP contribution in [0.25, 0.3) is 0 Å². The quantitative estimate of drug-likeness (QED) is 0.362. The van der Waals surface area contributed by atoms with Crippen LogP contribution in [-0.2, 0) is 0 Å². The van der Waals surface area contributed by atoms with Crippen LogP contribution in [0.5, 0.6) is 0 Å². The predicted octanol–water partition coefficient (Wildman–Crippen LogP) is 0.900. The standard InChI is InChI=1S/C6H10N2O2/c1-5(2)6(4-7-3)8(9)10/h4,7H,1H2,2-3H3/b6-4+. The van der Waals surface area contributed by atoms with Crippen molar-refractivity contribution in [1.82, 2.24) is 5.32 Å². The number of nitro groups is 1. The normalized spacial score (nSPS) is 10.8. The monoisotopic (exact) mass is 142 g/mol. The molecule has 0 amide bonds. The molecule has 0 aliphatic rings. The fourth-order valence-corrected chi connectivity index (χ4v) is 0.468. The first kappa shape index (κ1) is 8.68. The van der Waals surface area contributed by atoms with Gasteiger partial charge in [0.15, 0.2) is 0 Å². The zero-order valence-corrected chi connectivity index (χ0v) is 6.05. The van der Waals surface area contributed by atoms with E-state index in [1.165, 1.54) is 6.20 Å². The molecule has 0 heterocycles. The average molecular weight is 142 g/mol. The van der Waals surface area contributed by atoms with Gasteiger partial charge in [0.25, 0.3) is 5.70 Å². The van der Waals surface area contributed by atoms with Crippen LogP contribution in [0.4, 0.5) is 0 Å². The molecule has 4 heteroatoms. The van der Waals surface area contributed by atoms with Gasteiger partial charge in [0, 0.05) is 12.6 Å². The second-order valence-corrected chi connectivity index (χ2v) is 1.86. The van der Waals surface area contributed by atoms with E-state index in [-0.39, 0.29) is 5.70 Å². The Morgan fingerprint density at radius 3 is 2.40 bits per heavy atom. The number of nitrogens with zero attached hydrogens (tertiary/aromatic N) is 1. The van der Waals surface area contributed by atoms with Gasteiger partial charge in [-0.3, -0.25) is 10.1 Å². The fourth-order valence-electron chi connectivity index (χ4n) is 0.468. The highest BCUT2D eigenvalue weighted by atomic mass is 16.6. The first-order valence-electron chi connectivity index (χ1n) is 2.77. The molecule has 0 spiro atoms. The van der Waals surface area contributed by atoms with Crippen LogP contribution >= 0.6 is 0 Å². The topological polar surface area (TPSA) is 55.2 Å². The van der Waals surface area contributed by atoms with Crippen LogP contribution in [0.3, 0.4) is 0 Å². The van der Waals surface area contributed by atoms with Crippen molar-refractivity contribution < 1.29 is 4.92 Å². The van der Waals surface area contributed by atoms with Crippen molar-refractivity contribution in [3.63, 3.8) is 0 Å². The summed E-state index contributed by atoms with van der Waals surface area (Å²) in [5, 5.41) is 12.7. The average Bonchev–Trinajstić information content (AvgIpc) is 1.81. The summed E-state index contributed by atoms with van der Waals surface area (Å²) in [6, 6.07) is 0. The third-order valence-corrected chi connectivity index (χ3v) is 0.915. The molecular weight excluding hydrogens is 132 g/mol. The van der Waals surface area contributed by atoms with Crippen LogP contribution in [0.15, 0.2) is 24.0 Å². The minimum Gasteiger partial charge on any atom is -0.388 e. The largest absolute Gasteiger partial charge is 0.388 e. The lowest BCUT2D eigenvalue weighted by Gasteiger charge is -1.94. The van der Waals surface area contributed by atoms with Crippen LogP contribution in [0.1, 0.15) is 6.92 Å². The zero-order chi connectivity index (χ0) is 8.15. The lowest BCUT2D eigenvalue weighted by molar-refractivity contribution is -0.421. The molecule has 0 rings (SSSR count). The fraction of sp³-hybridized carbons (Fsp3) is 0.333. The first-order chi connectivity index (χ1) is 4.59. The molecule has 0 fully saturated rings. The van der Waals surface area contributed by atoms with Gasteiger partial charge in [0.1, 0.15) is 0 Å². The number of hydrogen-bond acceptors (Lipinski definition) is 3. The van der Waals surface area contributed by atoms with Crippen LogP contribution < -0.4 is 5.32 Å². The summed E-state index contributed by atoms with van der Waals surface area (Å²) in [5.41, 5.74) is 0.460. The Morgan fingerprint density at radius 1 is 1.80 bits per heavy atom. The lowest BCUT2D eigenvalue weighted by Crippen LogP contribution is -2.05. The van der Waals surface area contributed by atoms with Crippen LogP contribution in [-0.4, -0.2) is 12.0 Å². The second kappa shape index (κ2) is 3.66. The third-order valence-electron chi connectivity index (χ3n) is 0.915. The highest BCUT2D eigenvalue weighted by Crippen LogP contribution is 2.04. The minimum absolute atomic E-state index is 0.0162. The molecule has 0 saturated heterocycles. The Hall–Kier alpha value is -1.32. The smallest absolute Gasteiger partial charge is 0.287 e. The molecule has 0 aromatic carbocycles. The maximum Gasteiger partial charge on any atom is 0.287 e. The number of hydrogen-bond donors (Lipinski definition) is 1. The Bertz CT molecular complexity index is 168. The minimum atomic E-state index is -0.473. The highest BCUT2D eigenvalue weighted by Gasteiger charge is 2.09. The summed E-state index contributed by atoms with van der Waals surface area (Å²) in [7, 11) is 1.60. The van der Waals surface area contributed by atoms with Gasteiger partial charge in [-0.1, -0.05) is 6.58 Å². The van der Waals surface area contributed by atoms with Crippen molar-refractivity contribution in [3.05, 3.63) is 34.2 Å². The van der Waals surface area contributed by atoms with Gasteiger partial charge >= 0.3 is 0 Å². The van der Waals surface area contributed by atoms with E-state index < -0.39 is 4.92 Å². The van der Waals surface area contributed by atoms with Gasteiger partial charge in [-0.2, -0.15) is 0 Å². The zero-order valence-electron chi connectivity index (χ0n) is 6.05. The second-order valence-electron chi connectivity index (χ2n) is 1.86. The summed E-state index contributed by atoms with van der Waals surface area (Å²) >= 11 is 0. The van der Waals surface area contributed by atoms with Crippen molar-refractivity contribution in [2.75, 3.05) is 7.05 Å². The Labute approximate surface area is 59.4 Å². The Balaban J connectivity index is 4.42. The van der Waals surface area contributed by atoms with E-state index in [0.717, 1.165) is 0 Å². The molecule has 0 aromatic heterocycles. The molecular formula is C6H10N2O2. The summed E-state index contributed by atoms with van der Waals surface area (Å²) < 4.78 is 0. The van der Waals surface area contributed by atoms with E-state index in [1.54, 1.807) is 14.0 Å². The van der Waals surface area contributed by atoms with Crippen molar-refractivity contribution in [2.45, 2.75) is 6.92 Å². The summed E-state index contributed by atoms with van der Waals surface area (Å²) in [5.74, 6) is 0. The van der Waals surface area contributed by atoms with Crippen molar-refractivity contribution in [3.8, 4) is 0 Å². The molecule has 10 heavy (non-hydrogen) atoms. The van der Waals surface area contributed by atoms with Crippen molar-refractivity contribution >= 4 is 0 Å². The predicted molar refractivity (Wildman–Crippen MR) is 39.0 cm³/mol. The van der Waals surface area contributed by atoms with Crippen LogP contribution in [0.2, 0.25) is 0 Å². The number of allylic oxidation sites excluding steroid dienone is 1. The molecule has 0 aliphatic heterocycles. The Kier molecular flexibility index (Phi) is 3.17. The van der Waals surface area contributed by atoms with Gasteiger partial charge in [-0.15, -0.1) is 0 Å². The number of rotatable bonds is 3. The van der Waals surface area contributed by atoms with Gasteiger partial charge in [0.05, 0.1) is 11.1 Å². The molecule has 56 valence electrons.